The third kappa shape index (κ3) is 0.961. The van der Waals surface area contributed by atoms with Gasteiger partial charge in [0.05, 0.1) is 11.0 Å². The Labute approximate surface area is 71.3 Å². The lowest BCUT2D eigenvalue weighted by Gasteiger charge is -2.01. The third-order valence-electron chi connectivity index (χ3n) is 2.03. The van der Waals surface area contributed by atoms with E-state index in [0.29, 0.717) is 0 Å². The van der Waals surface area contributed by atoms with Crippen molar-refractivity contribution < 1.29 is 0 Å². The molecule has 1 aromatic carbocycles. The zero-order valence-corrected chi connectivity index (χ0v) is 7.20. The van der Waals surface area contributed by atoms with Crippen molar-refractivity contribution in [3.05, 3.63) is 35.7 Å². The van der Waals surface area contributed by atoms with Gasteiger partial charge in [0.1, 0.15) is 0 Å². The molecule has 1 heterocycles. The van der Waals surface area contributed by atoms with Crippen molar-refractivity contribution >= 4 is 11.0 Å². The molecule has 0 spiro atoms. The zero-order valence-electron chi connectivity index (χ0n) is 7.20. The standard InChI is InChI=1S/C10H10N2/c1-7-3-4-8(2)10-9(7)11-5-6-12-10/h3-6H,1-2H3. The van der Waals surface area contributed by atoms with Gasteiger partial charge < -0.3 is 0 Å². The van der Waals surface area contributed by atoms with Gasteiger partial charge >= 0.3 is 0 Å². The van der Waals surface area contributed by atoms with Crippen molar-refractivity contribution in [2.45, 2.75) is 13.8 Å². The van der Waals surface area contributed by atoms with Gasteiger partial charge in [0.25, 0.3) is 0 Å². The lowest BCUT2D eigenvalue weighted by Crippen LogP contribution is -1.88. The summed E-state index contributed by atoms with van der Waals surface area (Å²) in [7, 11) is 0. The quantitative estimate of drug-likeness (QED) is 0.587. The van der Waals surface area contributed by atoms with Gasteiger partial charge in [-0.25, -0.2) is 0 Å². The maximum absolute atomic E-state index is 4.28. The summed E-state index contributed by atoms with van der Waals surface area (Å²) in [5.41, 5.74) is 4.39. The normalized spacial score (nSPS) is 10.5. The maximum atomic E-state index is 4.28. The number of aryl methyl sites for hydroxylation is 2. The first-order chi connectivity index (χ1) is 5.79. The van der Waals surface area contributed by atoms with E-state index in [4.69, 9.17) is 0 Å². The molecule has 0 saturated heterocycles. The van der Waals surface area contributed by atoms with E-state index in [0.717, 1.165) is 11.0 Å². The van der Waals surface area contributed by atoms with Crippen LogP contribution in [0.1, 0.15) is 11.1 Å². The Balaban J connectivity index is 2.95. The van der Waals surface area contributed by atoms with E-state index in [1.165, 1.54) is 11.1 Å². The predicted molar refractivity (Wildman–Crippen MR) is 49.0 cm³/mol. The SMILES string of the molecule is Cc1ccc(C)c2nccnc12. The minimum Gasteiger partial charge on any atom is -0.253 e. The van der Waals surface area contributed by atoms with Crippen LogP contribution in [0.25, 0.3) is 11.0 Å². The smallest absolute Gasteiger partial charge is 0.0918 e. The van der Waals surface area contributed by atoms with Crippen LogP contribution < -0.4 is 0 Å². The Hall–Kier alpha value is -1.44. The fraction of sp³-hybridized carbons (Fsp3) is 0.200. The van der Waals surface area contributed by atoms with Crippen molar-refractivity contribution in [1.29, 1.82) is 0 Å². The number of hydrogen-bond acceptors (Lipinski definition) is 2. The first-order valence-corrected chi connectivity index (χ1v) is 3.96. The molecule has 0 amide bonds. The van der Waals surface area contributed by atoms with E-state index < -0.39 is 0 Å². The first-order valence-electron chi connectivity index (χ1n) is 3.96. The monoisotopic (exact) mass is 158 g/mol. The van der Waals surface area contributed by atoms with Gasteiger partial charge in [-0.05, 0) is 25.0 Å². The van der Waals surface area contributed by atoms with Crippen LogP contribution in [0, 0.1) is 13.8 Å². The van der Waals surface area contributed by atoms with Crippen LogP contribution in [0.4, 0.5) is 0 Å². The molecular weight excluding hydrogens is 148 g/mol. The molecule has 12 heavy (non-hydrogen) atoms. The fourth-order valence-corrected chi connectivity index (χ4v) is 1.32. The molecule has 2 nitrogen and oxygen atoms in total. The van der Waals surface area contributed by atoms with Gasteiger partial charge in [0, 0.05) is 12.4 Å². The third-order valence-corrected chi connectivity index (χ3v) is 2.03. The number of nitrogens with zero attached hydrogens (tertiary/aromatic N) is 2. The van der Waals surface area contributed by atoms with E-state index in [-0.39, 0.29) is 0 Å². The Bertz CT molecular complexity index is 381. The molecule has 60 valence electrons. The number of benzene rings is 1. The number of fused-ring (bicyclic) bond motifs is 1. The molecule has 2 rings (SSSR count). The number of hydrogen-bond donors (Lipinski definition) is 0. The van der Waals surface area contributed by atoms with E-state index in [2.05, 4.69) is 35.9 Å². The summed E-state index contributed by atoms with van der Waals surface area (Å²) in [5.74, 6) is 0. The lowest BCUT2D eigenvalue weighted by atomic mass is 10.1. The summed E-state index contributed by atoms with van der Waals surface area (Å²) < 4.78 is 0. The van der Waals surface area contributed by atoms with Crippen molar-refractivity contribution in [3.63, 3.8) is 0 Å². The minimum atomic E-state index is 1.01. The largest absolute Gasteiger partial charge is 0.253 e. The molecular formula is C10H10N2. The summed E-state index contributed by atoms with van der Waals surface area (Å²) in [5, 5.41) is 0. The molecule has 0 bridgehead atoms. The summed E-state index contributed by atoms with van der Waals surface area (Å²) in [6.45, 7) is 4.10. The second-order valence-electron chi connectivity index (χ2n) is 2.95. The molecule has 0 unspecified atom stereocenters. The van der Waals surface area contributed by atoms with E-state index in [1.807, 2.05) is 0 Å². The van der Waals surface area contributed by atoms with Crippen LogP contribution in [0.2, 0.25) is 0 Å². The summed E-state index contributed by atoms with van der Waals surface area (Å²) in [4.78, 5) is 8.56. The Kier molecular flexibility index (Phi) is 1.54. The highest BCUT2D eigenvalue weighted by Crippen LogP contribution is 2.16. The summed E-state index contributed by atoms with van der Waals surface area (Å²) >= 11 is 0. The van der Waals surface area contributed by atoms with Gasteiger partial charge in [0.15, 0.2) is 0 Å². The van der Waals surface area contributed by atoms with Gasteiger partial charge in [-0.15, -0.1) is 0 Å². The molecule has 0 atom stereocenters. The highest BCUT2D eigenvalue weighted by atomic mass is 14.8. The average molecular weight is 158 g/mol. The van der Waals surface area contributed by atoms with Crippen LogP contribution in [0.15, 0.2) is 24.5 Å². The average Bonchev–Trinajstić information content (AvgIpc) is 2.12. The first kappa shape index (κ1) is 7.22. The molecule has 0 N–H and O–H groups in total. The molecule has 0 radical (unpaired) electrons. The minimum absolute atomic E-state index is 1.01. The number of rotatable bonds is 0. The van der Waals surface area contributed by atoms with E-state index in [1.54, 1.807) is 12.4 Å². The molecule has 0 aliphatic rings. The van der Waals surface area contributed by atoms with Gasteiger partial charge in [0.2, 0.25) is 0 Å². The summed E-state index contributed by atoms with van der Waals surface area (Å²) in [6, 6.07) is 4.15. The van der Waals surface area contributed by atoms with Gasteiger partial charge in [-0.2, -0.15) is 0 Å². The Morgan fingerprint density at radius 3 is 1.67 bits per heavy atom. The molecule has 0 aliphatic carbocycles. The summed E-state index contributed by atoms with van der Waals surface area (Å²) in [6.07, 6.45) is 3.46. The Morgan fingerprint density at radius 1 is 0.833 bits per heavy atom. The topological polar surface area (TPSA) is 25.8 Å². The van der Waals surface area contributed by atoms with Crippen LogP contribution in [-0.2, 0) is 0 Å². The van der Waals surface area contributed by atoms with Crippen LogP contribution >= 0.6 is 0 Å². The van der Waals surface area contributed by atoms with Crippen molar-refractivity contribution in [3.8, 4) is 0 Å². The zero-order chi connectivity index (χ0) is 8.55. The van der Waals surface area contributed by atoms with Crippen molar-refractivity contribution in [1.82, 2.24) is 9.97 Å². The lowest BCUT2D eigenvalue weighted by molar-refractivity contribution is 1.25. The van der Waals surface area contributed by atoms with Crippen molar-refractivity contribution in [2.24, 2.45) is 0 Å². The van der Waals surface area contributed by atoms with Gasteiger partial charge in [-0.3, -0.25) is 9.97 Å². The Morgan fingerprint density at radius 2 is 1.25 bits per heavy atom. The molecule has 1 aromatic heterocycles. The highest BCUT2D eigenvalue weighted by Gasteiger charge is 2.00. The fourth-order valence-electron chi connectivity index (χ4n) is 1.32. The molecule has 2 heteroatoms. The van der Waals surface area contributed by atoms with E-state index in [9.17, 15) is 0 Å². The van der Waals surface area contributed by atoms with Gasteiger partial charge in [-0.1, -0.05) is 12.1 Å². The highest BCUT2D eigenvalue weighted by molar-refractivity contribution is 5.80. The molecule has 2 aromatic rings. The van der Waals surface area contributed by atoms with E-state index >= 15 is 0 Å². The molecule has 0 saturated carbocycles. The number of aromatic nitrogens is 2. The molecule has 0 aliphatic heterocycles. The van der Waals surface area contributed by atoms with Crippen LogP contribution in [0.3, 0.4) is 0 Å². The van der Waals surface area contributed by atoms with Crippen molar-refractivity contribution in [2.75, 3.05) is 0 Å². The molecule has 0 fully saturated rings. The van der Waals surface area contributed by atoms with Crippen LogP contribution in [-0.4, -0.2) is 9.97 Å². The van der Waals surface area contributed by atoms with Crippen LogP contribution in [0.5, 0.6) is 0 Å². The predicted octanol–water partition coefficient (Wildman–Crippen LogP) is 2.25. The maximum Gasteiger partial charge on any atom is 0.0918 e. The second kappa shape index (κ2) is 2.55. The second-order valence-corrected chi connectivity index (χ2v) is 2.95.